The van der Waals surface area contributed by atoms with E-state index in [-0.39, 0.29) is 31.4 Å². The number of halogens is 2. The number of oxime groups is 1. The van der Waals surface area contributed by atoms with Crippen molar-refractivity contribution in [3.63, 3.8) is 0 Å². The number of rotatable bonds is 9. The fourth-order valence-electron chi connectivity index (χ4n) is 4.29. The monoisotopic (exact) mass is 535 g/mol. The first-order chi connectivity index (χ1) is 18.0. The third kappa shape index (κ3) is 6.59. The molecule has 3 aromatic rings. The maximum Gasteiger partial charge on any atom is 0.243 e. The number of nitrogens with one attached hydrogen (secondary N) is 1. The zero-order valence-corrected chi connectivity index (χ0v) is 21.7. The molecule has 4 rings (SSSR count). The van der Waals surface area contributed by atoms with Crippen molar-refractivity contribution in [2.45, 2.75) is 25.0 Å². The number of amides is 2. The predicted octanol–water partition coefficient (Wildman–Crippen LogP) is 5.60. The van der Waals surface area contributed by atoms with Crippen molar-refractivity contribution in [2.24, 2.45) is 5.16 Å². The summed E-state index contributed by atoms with van der Waals surface area (Å²) in [7, 11) is 0. The topological polar surface area (TPSA) is 71.0 Å². The highest BCUT2D eigenvalue weighted by atomic mass is 35.5. The Bertz CT molecular complexity index is 1240. The SMILES string of the molecule is C=CCNC(=O)[C@@H]1C/C(=N\OCc2ccc(Cl)c(Cl)c2)CN1C(=O)C(c1ccccc1)c1ccccc1. The van der Waals surface area contributed by atoms with Gasteiger partial charge in [0.15, 0.2) is 0 Å². The van der Waals surface area contributed by atoms with Crippen LogP contribution in [0, 0.1) is 0 Å². The molecule has 1 fully saturated rings. The minimum atomic E-state index is -0.713. The summed E-state index contributed by atoms with van der Waals surface area (Å²) < 4.78 is 0. The van der Waals surface area contributed by atoms with Crippen molar-refractivity contribution in [3.8, 4) is 0 Å². The molecule has 1 saturated heterocycles. The molecule has 3 aromatic carbocycles. The molecule has 1 atom stereocenters. The molecule has 1 heterocycles. The number of carbonyl (C=O) groups excluding carboxylic acids is 2. The highest BCUT2D eigenvalue weighted by molar-refractivity contribution is 6.42. The minimum absolute atomic E-state index is 0.175. The average molecular weight is 536 g/mol. The largest absolute Gasteiger partial charge is 0.391 e. The summed E-state index contributed by atoms with van der Waals surface area (Å²) in [5, 5.41) is 7.98. The summed E-state index contributed by atoms with van der Waals surface area (Å²) in [6.07, 6.45) is 1.87. The van der Waals surface area contributed by atoms with Crippen LogP contribution in [0.1, 0.15) is 29.0 Å². The standard InChI is InChI=1S/C29H27Cl2N3O3/c1-2-15-32-28(35)26-17-23(33-37-19-20-13-14-24(30)25(31)16-20)18-34(26)29(36)27(21-9-5-3-6-10-21)22-11-7-4-8-12-22/h2-14,16,26-27H,1,15,17-19H2,(H,32,35)/b33-23+/t26-/m0/s1. The van der Waals surface area contributed by atoms with Crippen LogP contribution in [0.25, 0.3) is 0 Å². The average Bonchev–Trinajstić information content (AvgIpc) is 3.35. The molecule has 1 N–H and O–H groups in total. The molecular formula is C29H27Cl2N3O3. The van der Waals surface area contributed by atoms with Crippen molar-refractivity contribution in [3.05, 3.63) is 118 Å². The quantitative estimate of drug-likeness (QED) is 0.286. The van der Waals surface area contributed by atoms with Crippen LogP contribution in [0.2, 0.25) is 10.0 Å². The predicted molar refractivity (Wildman–Crippen MR) is 147 cm³/mol. The van der Waals surface area contributed by atoms with Crippen LogP contribution in [0.4, 0.5) is 0 Å². The van der Waals surface area contributed by atoms with Gasteiger partial charge in [-0.2, -0.15) is 0 Å². The second-order valence-corrected chi connectivity index (χ2v) is 9.47. The molecule has 1 aliphatic rings. The van der Waals surface area contributed by atoms with Gasteiger partial charge in [0, 0.05) is 13.0 Å². The van der Waals surface area contributed by atoms with Crippen LogP contribution >= 0.6 is 23.2 Å². The van der Waals surface area contributed by atoms with Gasteiger partial charge in [0.25, 0.3) is 0 Å². The summed E-state index contributed by atoms with van der Waals surface area (Å²) >= 11 is 12.1. The first-order valence-electron chi connectivity index (χ1n) is 11.9. The summed E-state index contributed by atoms with van der Waals surface area (Å²) in [5.74, 6) is -0.998. The molecule has 190 valence electrons. The van der Waals surface area contributed by atoms with E-state index in [2.05, 4.69) is 17.1 Å². The number of hydrogen-bond acceptors (Lipinski definition) is 4. The summed E-state index contributed by atoms with van der Waals surface area (Å²) in [6.45, 7) is 4.33. The maximum atomic E-state index is 14.0. The van der Waals surface area contributed by atoms with Gasteiger partial charge in [0.2, 0.25) is 11.8 Å². The molecule has 0 bridgehead atoms. The Morgan fingerprint density at radius 2 is 1.68 bits per heavy atom. The first kappa shape index (κ1) is 26.5. The fraction of sp³-hybridized carbons (Fsp3) is 0.207. The Morgan fingerprint density at radius 3 is 2.27 bits per heavy atom. The maximum absolute atomic E-state index is 14.0. The van der Waals surface area contributed by atoms with Crippen molar-refractivity contribution in [1.29, 1.82) is 0 Å². The first-order valence-corrected chi connectivity index (χ1v) is 12.6. The number of nitrogens with zero attached hydrogens (tertiary/aromatic N) is 2. The van der Waals surface area contributed by atoms with Gasteiger partial charge in [0.05, 0.1) is 28.2 Å². The van der Waals surface area contributed by atoms with E-state index in [1.807, 2.05) is 60.7 Å². The van der Waals surface area contributed by atoms with E-state index >= 15 is 0 Å². The van der Waals surface area contributed by atoms with Crippen molar-refractivity contribution >= 4 is 40.7 Å². The molecular weight excluding hydrogens is 509 g/mol. The number of benzene rings is 3. The third-order valence-corrected chi connectivity index (χ3v) is 6.83. The Labute approximate surface area is 226 Å². The lowest BCUT2D eigenvalue weighted by atomic mass is 9.90. The normalized spacial score (nSPS) is 16.1. The highest BCUT2D eigenvalue weighted by Crippen LogP contribution is 2.30. The highest BCUT2D eigenvalue weighted by Gasteiger charge is 2.41. The van der Waals surface area contributed by atoms with Gasteiger partial charge in [-0.25, -0.2) is 0 Å². The number of likely N-dealkylation sites (tertiary alicyclic amines) is 1. The lowest BCUT2D eigenvalue weighted by molar-refractivity contribution is -0.138. The summed E-state index contributed by atoms with van der Waals surface area (Å²) in [5.41, 5.74) is 3.11. The van der Waals surface area contributed by atoms with Crippen LogP contribution < -0.4 is 5.32 Å². The lowest BCUT2D eigenvalue weighted by Gasteiger charge is -2.28. The van der Waals surface area contributed by atoms with Gasteiger partial charge in [-0.1, -0.05) is 101 Å². The Balaban J connectivity index is 1.58. The van der Waals surface area contributed by atoms with Gasteiger partial charge in [-0.3, -0.25) is 9.59 Å². The van der Waals surface area contributed by atoms with Crippen LogP contribution in [-0.4, -0.2) is 41.6 Å². The van der Waals surface area contributed by atoms with Crippen LogP contribution in [0.15, 0.2) is 96.7 Å². The zero-order chi connectivity index (χ0) is 26.2. The van der Waals surface area contributed by atoms with E-state index < -0.39 is 12.0 Å². The second kappa shape index (κ2) is 12.6. The van der Waals surface area contributed by atoms with Crippen molar-refractivity contribution < 1.29 is 14.4 Å². The minimum Gasteiger partial charge on any atom is -0.391 e. The Morgan fingerprint density at radius 1 is 1.03 bits per heavy atom. The summed E-state index contributed by atoms with van der Waals surface area (Å²) in [4.78, 5) is 34.3. The molecule has 0 radical (unpaired) electrons. The molecule has 2 amide bonds. The lowest BCUT2D eigenvalue weighted by Crippen LogP contribution is -2.47. The van der Waals surface area contributed by atoms with E-state index in [0.717, 1.165) is 16.7 Å². The Hall–Kier alpha value is -3.61. The number of hydrogen-bond donors (Lipinski definition) is 1. The third-order valence-electron chi connectivity index (χ3n) is 6.09. The van der Waals surface area contributed by atoms with Gasteiger partial charge in [-0.05, 0) is 28.8 Å². The van der Waals surface area contributed by atoms with Gasteiger partial charge >= 0.3 is 0 Å². The molecule has 8 heteroatoms. The van der Waals surface area contributed by atoms with E-state index in [0.29, 0.717) is 22.3 Å². The Kier molecular flexibility index (Phi) is 8.99. The van der Waals surface area contributed by atoms with Crippen LogP contribution in [0.3, 0.4) is 0 Å². The van der Waals surface area contributed by atoms with Gasteiger partial charge < -0.3 is 15.1 Å². The van der Waals surface area contributed by atoms with Crippen LogP contribution in [0.5, 0.6) is 0 Å². The van der Waals surface area contributed by atoms with Crippen LogP contribution in [-0.2, 0) is 21.0 Å². The fourth-order valence-corrected chi connectivity index (χ4v) is 4.61. The van der Waals surface area contributed by atoms with E-state index in [9.17, 15) is 9.59 Å². The van der Waals surface area contributed by atoms with Crippen molar-refractivity contribution in [1.82, 2.24) is 10.2 Å². The van der Waals surface area contributed by atoms with Gasteiger partial charge in [0.1, 0.15) is 12.6 Å². The number of carbonyl (C=O) groups is 2. The van der Waals surface area contributed by atoms with E-state index in [1.54, 1.807) is 29.2 Å². The molecule has 0 spiro atoms. The molecule has 37 heavy (non-hydrogen) atoms. The molecule has 6 nitrogen and oxygen atoms in total. The molecule has 1 aliphatic heterocycles. The smallest absolute Gasteiger partial charge is 0.243 e. The molecule has 0 unspecified atom stereocenters. The zero-order valence-electron chi connectivity index (χ0n) is 20.1. The second-order valence-electron chi connectivity index (χ2n) is 8.65. The van der Waals surface area contributed by atoms with E-state index in [4.69, 9.17) is 28.0 Å². The van der Waals surface area contributed by atoms with E-state index in [1.165, 1.54) is 0 Å². The molecule has 0 aliphatic carbocycles. The molecule has 0 aromatic heterocycles. The molecule has 0 saturated carbocycles. The summed E-state index contributed by atoms with van der Waals surface area (Å²) in [6, 6.07) is 23.6. The van der Waals surface area contributed by atoms with Crippen molar-refractivity contribution in [2.75, 3.05) is 13.1 Å². The van der Waals surface area contributed by atoms with Gasteiger partial charge in [-0.15, -0.1) is 6.58 Å².